The second-order valence-corrected chi connectivity index (χ2v) is 5.94. The molecule has 0 saturated heterocycles. The van der Waals surface area contributed by atoms with Gasteiger partial charge in [-0.05, 0) is 37.5 Å². The number of hydrogen-bond acceptors (Lipinski definition) is 4. The molecular formula is C17H30IN3O2S. The summed E-state index contributed by atoms with van der Waals surface area (Å²) in [6.07, 6.45) is 4.08. The second-order valence-electron chi connectivity index (χ2n) is 4.95. The Labute approximate surface area is 167 Å². The summed E-state index contributed by atoms with van der Waals surface area (Å²) < 4.78 is 10.7. The van der Waals surface area contributed by atoms with Gasteiger partial charge in [-0.1, -0.05) is 6.07 Å². The monoisotopic (exact) mass is 467 g/mol. The number of halogens is 1. The van der Waals surface area contributed by atoms with Gasteiger partial charge in [-0.3, -0.25) is 4.99 Å². The zero-order valence-corrected chi connectivity index (χ0v) is 18.0. The number of hydrogen-bond donors (Lipinski definition) is 2. The Bertz CT molecular complexity index is 461. The summed E-state index contributed by atoms with van der Waals surface area (Å²) in [5, 5.41) is 6.59. The lowest BCUT2D eigenvalue weighted by molar-refractivity contribution is 0.172. The maximum atomic E-state index is 5.72. The van der Waals surface area contributed by atoms with Crippen LogP contribution in [0.3, 0.4) is 0 Å². The van der Waals surface area contributed by atoms with Crippen molar-refractivity contribution in [2.45, 2.75) is 19.8 Å². The van der Waals surface area contributed by atoms with Crippen molar-refractivity contribution in [1.29, 1.82) is 0 Å². The van der Waals surface area contributed by atoms with E-state index in [4.69, 9.17) is 9.47 Å². The lowest BCUT2D eigenvalue weighted by Gasteiger charge is -2.13. The van der Waals surface area contributed by atoms with Gasteiger partial charge in [0.15, 0.2) is 5.96 Å². The van der Waals surface area contributed by atoms with E-state index < -0.39 is 0 Å². The van der Waals surface area contributed by atoms with E-state index in [1.165, 1.54) is 0 Å². The summed E-state index contributed by atoms with van der Waals surface area (Å²) in [7, 11) is 1.70. The molecule has 7 heteroatoms. The van der Waals surface area contributed by atoms with E-state index >= 15 is 0 Å². The fraction of sp³-hybridized carbons (Fsp3) is 0.588. The molecule has 0 saturated carbocycles. The topological polar surface area (TPSA) is 54.9 Å². The van der Waals surface area contributed by atoms with Crippen LogP contribution in [0.2, 0.25) is 0 Å². The van der Waals surface area contributed by atoms with Gasteiger partial charge >= 0.3 is 0 Å². The predicted molar refractivity (Wildman–Crippen MR) is 116 cm³/mol. The van der Waals surface area contributed by atoms with Crippen LogP contribution in [0.1, 0.15) is 19.8 Å². The third-order valence-corrected chi connectivity index (χ3v) is 3.68. The number of anilines is 1. The average Bonchev–Trinajstić information content (AvgIpc) is 2.56. The van der Waals surface area contributed by atoms with Crippen LogP contribution in [0, 0.1) is 0 Å². The van der Waals surface area contributed by atoms with Crippen LogP contribution < -0.4 is 15.4 Å². The van der Waals surface area contributed by atoms with Gasteiger partial charge in [0.05, 0.1) is 6.61 Å². The third kappa shape index (κ3) is 11.0. The van der Waals surface area contributed by atoms with E-state index in [2.05, 4.69) is 28.8 Å². The minimum absolute atomic E-state index is 0. The maximum Gasteiger partial charge on any atom is 0.195 e. The van der Waals surface area contributed by atoms with E-state index in [9.17, 15) is 0 Å². The highest BCUT2D eigenvalue weighted by Crippen LogP contribution is 2.17. The number of nitrogens with zero attached hydrogens (tertiary/aromatic N) is 1. The van der Waals surface area contributed by atoms with Gasteiger partial charge in [-0.15, -0.1) is 24.0 Å². The van der Waals surface area contributed by atoms with Gasteiger partial charge in [0.25, 0.3) is 0 Å². The molecule has 0 aliphatic carbocycles. The van der Waals surface area contributed by atoms with E-state index in [1.807, 2.05) is 36.0 Å². The summed E-state index contributed by atoms with van der Waals surface area (Å²) in [6.45, 7) is 5.09. The van der Waals surface area contributed by atoms with Gasteiger partial charge in [0.2, 0.25) is 0 Å². The highest BCUT2D eigenvalue weighted by molar-refractivity contribution is 14.0. The molecule has 1 aromatic carbocycles. The number of methoxy groups -OCH3 is 1. The Kier molecular flexibility index (Phi) is 15.4. The Hall–Kier alpha value is -0.670. The minimum atomic E-state index is 0. The molecule has 0 heterocycles. The second kappa shape index (κ2) is 15.8. The molecule has 24 heavy (non-hydrogen) atoms. The zero-order valence-electron chi connectivity index (χ0n) is 14.8. The van der Waals surface area contributed by atoms with Crippen molar-refractivity contribution in [3.05, 3.63) is 24.3 Å². The number of thioether (sulfide) groups is 1. The highest BCUT2D eigenvalue weighted by Gasteiger charge is 2.01. The Morgan fingerprint density at radius 1 is 1.25 bits per heavy atom. The number of benzene rings is 1. The molecule has 0 aliphatic rings. The van der Waals surface area contributed by atoms with Crippen LogP contribution in [0.4, 0.5) is 5.69 Å². The number of nitrogens with one attached hydrogen (secondary N) is 2. The lowest BCUT2D eigenvalue weighted by Crippen LogP contribution is -2.30. The summed E-state index contributed by atoms with van der Waals surface area (Å²) in [4.78, 5) is 4.59. The van der Waals surface area contributed by atoms with Crippen molar-refractivity contribution < 1.29 is 9.47 Å². The average molecular weight is 467 g/mol. The molecule has 138 valence electrons. The minimum Gasteiger partial charge on any atom is -0.493 e. The van der Waals surface area contributed by atoms with E-state index in [-0.39, 0.29) is 24.0 Å². The van der Waals surface area contributed by atoms with E-state index in [0.29, 0.717) is 13.2 Å². The number of rotatable bonds is 11. The van der Waals surface area contributed by atoms with Gasteiger partial charge in [0.1, 0.15) is 5.75 Å². The van der Waals surface area contributed by atoms with Crippen LogP contribution in [0.5, 0.6) is 5.75 Å². The third-order valence-electron chi connectivity index (χ3n) is 2.98. The lowest BCUT2D eigenvalue weighted by atomic mass is 10.3. The summed E-state index contributed by atoms with van der Waals surface area (Å²) >= 11 is 1.85. The van der Waals surface area contributed by atoms with Crippen LogP contribution in [-0.2, 0) is 4.74 Å². The van der Waals surface area contributed by atoms with Crippen molar-refractivity contribution >= 4 is 47.4 Å². The first-order chi connectivity index (χ1) is 11.3. The van der Waals surface area contributed by atoms with Crippen molar-refractivity contribution in [2.75, 3.05) is 50.7 Å². The largest absolute Gasteiger partial charge is 0.493 e. The van der Waals surface area contributed by atoms with Gasteiger partial charge in [-0.2, -0.15) is 11.8 Å². The first-order valence-corrected chi connectivity index (χ1v) is 9.45. The van der Waals surface area contributed by atoms with E-state index in [1.54, 1.807) is 7.11 Å². The molecule has 0 amide bonds. The van der Waals surface area contributed by atoms with Crippen molar-refractivity contribution in [3.63, 3.8) is 0 Å². The molecule has 2 N–H and O–H groups in total. The number of aliphatic imine (C=N–C) groups is 1. The quantitative estimate of drug-likeness (QED) is 0.224. The van der Waals surface area contributed by atoms with E-state index in [0.717, 1.165) is 49.1 Å². The first kappa shape index (κ1) is 23.3. The van der Waals surface area contributed by atoms with Crippen molar-refractivity contribution in [2.24, 2.45) is 4.99 Å². The Morgan fingerprint density at radius 3 is 2.79 bits per heavy atom. The highest BCUT2D eigenvalue weighted by atomic mass is 127. The van der Waals surface area contributed by atoms with Crippen molar-refractivity contribution in [3.8, 4) is 5.75 Å². The van der Waals surface area contributed by atoms with Crippen LogP contribution in [0.25, 0.3) is 0 Å². The predicted octanol–water partition coefficient (Wildman–Crippen LogP) is 3.85. The normalized spacial score (nSPS) is 10.9. The molecule has 1 aromatic rings. The number of ether oxygens (including phenoxy) is 2. The van der Waals surface area contributed by atoms with Gasteiger partial charge < -0.3 is 20.1 Å². The molecule has 0 unspecified atom stereocenters. The Morgan fingerprint density at radius 2 is 2.08 bits per heavy atom. The summed E-state index contributed by atoms with van der Waals surface area (Å²) in [5.41, 5.74) is 0.971. The molecule has 0 atom stereocenters. The van der Waals surface area contributed by atoms with Gasteiger partial charge in [0, 0.05) is 45.0 Å². The summed E-state index contributed by atoms with van der Waals surface area (Å²) in [6, 6.07) is 7.93. The molecule has 1 rings (SSSR count). The molecular weight excluding hydrogens is 437 g/mol. The van der Waals surface area contributed by atoms with Gasteiger partial charge in [-0.25, -0.2) is 0 Å². The molecule has 0 aromatic heterocycles. The zero-order chi connectivity index (χ0) is 16.8. The molecule has 0 spiro atoms. The summed E-state index contributed by atoms with van der Waals surface area (Å²) in [5.74, 6) is 2.79. The standard InChI is InChI=1S/C17H29N3O2S.HI/c1-4-18-17(19-10-6-13-23-3)20-15-8-5-9-16(14-15)22-12-7-11-21-2;/h5,8-9,14H,4,6-7,10-13H2,1-3H3,(H2,18,19,20);1H. The molecule has 5 nitrogen and oxygen atoms in total. The smallest absolute Gasteiger partial charge is 0.195 e. The molecule has 0 aliphatic heterocycles. The number of guanidine groups is 1. The van der Waals surface area contributed by atoms with Crippen LogP contribution in [0.15, 0.2) is 29.3 Å². The van der Waals surface area contributed by atoms with Crippen molar-refractivity contribution in [1.82, 2.24) is 5.32 Å². The van der Waals surface area contributed by atoms with Crippen LogP contribution >= 0.6 is 35.7 Å². The fourth-order valence-corrected chi connectivity index (χ4v) is 2.32. The SMILES string of the molecule is CCNC(=NCCCSC)Nc1cccc(OCCCOC)c1.I. The maximum absolute atomic E-state index is 5.72. The molecule has 0 radical (unpaired) electrons. The fourth-order valence-electron chi connectivity index (χ4n) is 1.90. The molecule has 0 fully saturated rings. The van der Waals surface area contributed by atoms with Crippen LogP contribution in [-0.4, -0.2) is 51.4 Å². The first-order valence-electron chi connectivity index (χ1n) is 8.06. The molecule has 0 bridgehead atoms. The Balaban J connectivity index is 0.00000529.